The minimum atomic E-state index is 0.511. The van der Waals surface area contributed by atoms with Gasteiger partial charge in [-0.3, -0.25) is 4.90 Å². The molecule has 0 amide bonds. The fraction of sp³-hybridized carbons (Fsp3) is 0.394. The third-order valence-electron chi connectivity index (χ3n) is 9.45. The minimum absolute atomic E-state index is 0.511. The minimum Gasteiger partial charge on any atom is -0.492 e. The van der Waals surface area contributed by atoms with Crippen LogP contribution in [0.15, 0.2) is 66.8 Å². The summed E-state index contributed by atoms with van der Waals surface area (Å²) >= 11 is 0. The molecule has 2 bridgehead atoms. The van der Waals surface area contributed by atoms with E-state index in [4.69, 9.17) is 14.5 Å². The van der Waals surface area contributed by atoms with Crippen molar-refractivity contribution in [1.82, 2.24) is 24.5 Å². The second-order valence-corrected chi connectivity index (χ2v) is 12.1. The fourth-order valence-corrected chi connectivity index (χ4v) is 7.08. The maximum Gasteiger partial charge on any atom is 0.212 e. The molecule has 42 heavy (non-hydrogen) atoms. The Morgan fingerprint density at radius 3 is 2.67 bits per heavy atom. The number of piperazine rings is 1. The normalized spacial score (nSPS) is 24.1. The summed E-state index contributed by atoms with van der Waals surface area (Å²) < 4.78 is 13.2. The molecule has 212 valence electrons. The zero-order valence-electron chi connectivity index (χ0n) is 23.7. The lowest BCUT2D eigenvalue weighted by Gasteiger charge is -2.56. The van der Waals surface area contributed by atoms with E-state index >= 15 is 0 Å². The van der Waals surface area contributed by atoms with Gasteiger partial charge < -0.3 is 14.4 Å². The quantitative estimate of drug-likeness (QED) is 0.268. The highest BCUT2D eigenvalue weighted by Crippen LogP contribution is 2.50. The first kappa shape index (κ1) is 25.3. The van der Waals surface area contributed by atoms with E-state index in [1.807, 2.05) is 30.7 Å². The summed E-state index contributed by atoms with van der Waals surface area (Å²) in [5, 5.41) is 14.2. The topological polar surface area (TPSA) is 91.8 Å². The highest BCUT2D eigenvalue weighted by atomic mass is 16.5. The van der Waals surface area contributed by atoms with Gasteiger partial charge in [-0.15, -0.1) is 0 Å². The number of aromatic nitrogens is 4. The molecule has 4 aromatic heterocycles. The number of rotatable bonds is 9. The molecule has 0 spiro atoms. The Hall–Kier alpha value is -4.42. The summed E-state index contributed by atoms with van der Waals surface area (Å²) in [6, 6.07) is 13.6. The second kappa shape index (κ2) is 10.1. The van der Waals surface area contributed by atoms with E-state index < -0.39 is 0 Å². The fourth-order valence-electron chi connectivity index (χ4n) is 7.08. The van der Waals surface area contributed by atoms with Gasteiger partial charge in [-0.1, -0.05) is 17.7 Å². The number of pyridine rings is 3. The average molecular weight is 560 g/mol. The van der Waals surface area contributed by atoms with Gasteiger partial charge in [0.15, 0.2) is 0 Å². The van der Waals surface area contributed by atoms with Gasteiger partial charge in [0.05, 0.1) is 37.2 Å². The largest absolute Gasteiger partial charge is 0.492 e. The summed E-state index contributed by atoms with van der Waals surface area (Å²) in [7, 11) is 1.64. The molecule has 9 rings (SSSR count). The van der Waals surface area contributed by atoms with Crippen molar-refractivity contribution in [3.8, 4) is 28.8 Å². The van der Waals surface area contributed by atoms with Crippen molar-refractivity contribution >= 4 is 11.3 Å². The molecular weight excluding hydrogens is 526 g/mol. The van der Waals surface area contributed by atoms with Crippen molar-refractivity contribution < 1.29 is 9.47 Å². The van der Waals surface area contributed by atoms with Crippen LogP contribution in [0.1, 0.15) is 36.8 Å². The van der Waals surface area contributed by atoms with Gasteiger partial charge in [0.25, 0.3) is 0 Å². The molecule has 3 saturated heterocycles. The SMILES string of the molecule is COc1ccc(CN2C3CC2CN(c2ccc(-c4cc(OCCC5=CC6CC6C5)cn5ncc(C#N)c45)cn2)C3)cn1. The van der Waals surface area contributed by atoms with E-state index in [2.05, 4.69) is 50.2 Å². The lowest BCUT2D eigenvalue weighted by molar-refractivity contribution is -0.00876. The zero-order valence-corrected chi connectivity index (χ0v) is 23.7. The predicted molar refractivity (Wildman–Crippen MR) is 158 cm³/mol. The van der Waals surface area contributed by atoms with E-state index in [0.29, 0.717) is 30.1 Å². The molecule has 4 fully saturated rings. The molecule has 1 saturated carbocycles. The number of nitrogens with zero attached hydrogens (tertiary/aromatic N) is 7. The molecular formula is C33H33N7O2. The van der Waals surface area contributed by atoms with Crippen LogP contribution in [-0.4, -0.2) is 63.4 Å². The molecule has 2 aliphatic carbocycles. The van der Waals surface area contributed by atoms with E-state index in [1.54, 1.807) is 17.8 Å². The molecule has 4 unspecified atom stereocenters. The zero-order chi connectivity index (χ0) is 28.2. The van der Waals surface area contributed by atoms with Crippen LogP contribution in [0.25, 0.3) is 16.6 Å². The van der Waals surface area contributed by atoms with Crippen LogP contribution in [0.2, 0.25) is 0 Å². The maximum atomic E-state index is 9.76. The standard InChI is InChI=1S/C33H33N7O2/c1-41-32-5-2-22(14-36-32)17-39-27-11-28(39)19-38(18-27)31-4-3-23(15-35-31)30-12-29(20-40-33(30)26(13-34)16-37-40)42-7-6-21-8-24-10-25(24)9-21/h2-5,8,12,14-16,20,24-25,27-28H,6-7,9-11,17-19H2,1H3. The number of piperidine rings is 1. The monoisotopic (exact) mass is 559 g/mol. The van der Waals surface area contributed by atoms with Crippen molar-refractivity contribution in [2.45, 2.75) is 44.3 Å². The van der Waals surface area contributed by atoms with E-state index in [9.17, 15) is 5.26 Å². The van der Waals surface area contributed by atoms with Crippen molar-refractivity contribution in [1.29, 1.82) is 5.26 Å². The second-order valence-electron chi connectivity index (χ2n) is 12.1. The van der Waals surface area contributed by atoms with Gasteiger partial charge in [-0.2, -0.15) is 10.4 Å². The van der Waals surface area contributed by atoms with Crippen LogP contribution in [0, 0.1) is 23.2 Å². The third kappa shape index (κ3) is 4.56. The molecule has 5 aliphatic rings. The Morgan fingerprint density at radius 2 is 1.95 bits per heavy atom. The maximum absolute atomic E-state index is 9.76. The molecule has 0 radical (unpaired) electrons. The first-order chi connectivity index (χ1) is 20.6. The summed E-state index contributed by atoms with van der Waals surface area (Å²) in [6.07, 6.45) is 14.6. The molecule has 9 nitrogen and oxygen atoms in total. The van der Waals surface area contributed by atoms with Crippen LogP contribution in [-0.2, 0) is 6.54 Å². The smallest absolute Gasteiger partial charge is 0.212 e. The van der Waals surface area contributed by atoms with Gasteiger partial charge in [-0.25, -0.2) is 14.5 Å². The summed E-state index contributed by atoms with van der Waals surface area (Å²) in [4.78, 5) is 14.2. The van der Waals surface area contributed by atoms with Crippen molar-refractivity contribution in [2.24, 2.45) is 11.8 Å². The lowest BCUT2D eigenvalue weighted by atomic mass is 9.87. The number of hydrogen-bond donors (Lipinski definition) is 0. The highest BCUT2D eigenvalue weighted by molar-refractivity contribution is 5.85. The molecule has 9 heteroatoms. The van der Waals surface area contributed by atoms with Crippen LogP contribution < -0.4 is 14.4 Å². The lowest BCUT2D eigenvalue weighted by Crippen LogP contribution is -2.68. The molecule has 0 aromatic carbocycles. The van der Waals surface area contributed by atoms with E-state index in [-0.39, 0.29) is 0 Å². The van der Waals surface area contributed by atoms with Gasteiger partial charge in [0.1, 0.15) is 17.6 Å². The summed E-state index contributed by atoms with van der Waals surface area (Å²) in [6.45, 7) is 3.47. The van der Waals surface area contributed by atoms with Gasteiger partial charge in [-0.05, 0) is 54.9 Å². The van der Waals surface area contributed by atoms with Crippen LogP contribution in [0.3, 0.4) is 0 Å². The van der Waals surface area contributed by atoms with Crippen molar-refractivity contribution in [3.05, 3.63) is 77.9 Å². The molecule has 7 heterocycles. The van der Waals surface area contributed by atoms with Crippen LogP contribution in [0.5, 0.6) is 11.6 Å². The number of hydrogen-bond acceptors (Lipinski definition) is 8. The number of fused-ring (bicyclic) bond motifs is 4. The Kier molecular flexibility index (Phi) is 6.11. The summed E-state index contributed by atoms with van der Waals surface area (Å²) in [5.41, 5.74) is 5.91. The third-order valence-corrected chi connectivity index (χ3v) is 9.45. The van der Waals surface area contributed by atoms with Gasteiger partial charge in [0.2, 0.25) is 5.88 Å². The number of ether oxygens (including phenoxy) is 2. The van der Waals surface area contributed by atoms with Crippen molar-refractivity contribution in [2.75, 3.05) is 31.7 Å². The Balaban J connectivity index is 0.970. The summed E-state index contributed by atoms with van der Waals surface area (Å²) in [5.74, 6) is 4.12. The molecule has 4 aromatic rings. The molecule has 3 aliphatic heterocycles. The number of nitriles is 1. The average Bonchev–Trinajstić information content (AvgIpc) is 3.43. The van der Waals surface area contributed by atoms with Crippen molar-refractivity contribution in [3.63, 3.8) is 0 Å². The molecule has 0 N–H and O–H groups in total. The van der Waals surface area contributed by atoms with Crippen LogP contribution >= 0.6 is 0 Å². The highest BCUT2D eigenvalue weighted by Gasteiger charge is 2.44. The first-order valence-electron chi connectivity index (χ1n) is 14.8. The van der Waals surface area contributed by atoms with E-state index in [0.717, 1.165) is 66.1 Å². The predicted octanol–water partition coefficient (Wildman–Crippen LogP) is 4.87. The Morgan fingerprint density at radius 1 is 1.05 bits per heavy atom. The number of methoxy groups -OCH3 is 1. The van der Waals surface area contributed by atoms with Gasteiger partial charge >= 0.3 is 0 Å². The molecule has 4 atom stereocenters. The Labute approximate surface area is 245 Å². The van der Waals surface area contributed by atoms with E-state index in [1.165, 1.54) is 30.4 Å². The number of anilines is 1. The number of allylic oxidation sites excluding steroid dienone is 1. The van der Waals surface area contributed by atoms with Gasteiger partial charge in [0, 0.05) is 67.7 Å². The Bertz CT molecular complexity index is 1690. The first-order valence-corrected chi connectivity index (χ1v) is 14.8. The van der Waals surface area contributed by atoms with Crippen LogP contribution in [0.4, 0.5) is 5.82 Å².